The third kappa shape index (κ3) is 4.52. The molecule has 8 heteroatoms. The zero-order valence-corrected chi connectivity index (χ0v) is 17.4. The Morgan fingerprint density at radius 2 is 1.90 bits per heavy atom. The van der Waals surface area contributed by atoms with Gasteiger partial charge in [0.2, 0.25) is 0 Å². The number of carbonyl (C=O) groups excluding carboxylic acids is 2. The van der Waals surface area contributed by atoms with Gasteiger partial charge in [-0.25, -0.2) is 9.59 Å². The fraction of sp³-hybridized carbons (Fsp3) is 0.476. The molecule has 0 bridgehead atoms. The molecule has 1 aliphatic rings. The van der Waals surface area contributed by atoms with E-state index < -0.39 is 17.3 Å². The second kappa shape index (κ2) is 7.77. The molecule has 0 radical (unpaired) electrons. The Kier molecular flexibility index (Phi) is 5.55. The number of hydrogen-bond acceptors (Lipinski definition) is 6. The molecule has 2 aromatic rings. The van der Waals surface area contributed by atoms with Gasteiger partial charge in [0.25, 0.3) is 5.91 Å². The van der Waals surface area contributed by atoms with Crippen molar-refractivity contribution in [2.45, 2.75) is 39.3 Å². The summed E-state index contributed by atoms with van der Waals surface area (Å²) in [5.74, 6) is 0.164. The van der Waals surface area contributed by atoms with Gasteiger partial charge in [0.15, 0.2) is 5.76 Å². The van der Waals surface area contributed by atoms with Crippen LogP contribution in [0.25, 0.3) is 10.8 Å². The quantitative estimate of drug-likeness (QED) is 0.767. The molecule has 1 aromatic carbocycles. The molecule has 2 amide bonds. The average molecular weight is 402 g/mol. The van der Waals surface area contributed by atoms with Crippen LogP contribution < -0.4 is 10.4 Å². The molecule has 0 N–H and O–H groups in total. The molecule has 0 spiro atoms. The number of benzene rings is 1. The summed E-state index contributed by atoms with van der Waals surface area (Å²) in [5, 5.41) is 0.953. The zero-order chi connectivity index (χ0) is 21.3. The molecule has 156 valence electrons. The van der Waals surface area contributed by atoms with Gasteiger partial charge in [-0.3, -0.25) is 4.79 Å². The lowest BCUT2D eigenvalue weighted by atomic mass is 10.1. The average Bonchev–Trinajstić information content (AvgIpc) is 2.65. The highest BCUT2D eigenvalue weighted by Crippen LogP contribution is 2.22. The number of piperazine rings is 1. The van der Waals surface area contributed by atoms with Crippen LogP contribution >= 0.6 is 0 Å². The summed E-state index contributed by atoms with van der Waals surface area (Å²) in [4.78, 5) is 40.8. The van der Waals surface area contributed by atoms with Crippen LogP contribution in [-0.2, 0) is 4.74 Å². The number of methoxy groups -OCH3 is 1. The number of amides is 2. The summed E-state index contributed by atoms with van der Waals surface area (Å²) >= 11 is 0. The van der Waals surface area contributed by atoms with Gasteiger partial charge in [-0.2, -0.15) is 0 Å². The van der Waals surface area contributed by atoms with Gasteiger partial charge < -0.3 is 23.7 Å². The van der Waals surface area contributed by atoms with E-state index in [0.717, 1.165) is 0 Å². The summed E-state index contributed by atoms with van der Waals surface area (Å²) in [6.45, 7) is 8.28. The van der Waals surface area contributed by atoms with Crippen molar-refractivity contribution in [1.29, 1.82) is 0 Å². The van der Waals surface area contributed by atoms with E-state index in [1.807, 2.05) is 27.7 Å². The summed E-state index contributed by atoms with van der Waals surface area (Å²) in [6, 6.07) is 6.26. The molecule has 1 atom stereocenters. The Bertz CT molecular complexity index is 991. The number of carbonyl (C=O) groups is 2. The Hall–Kier alpha value is -3.03. The van der Waals surface area contributed by atoms with Crippen molar-refractivity contribution < 1.29 is 23.5 Å². The number of rotatable bonds is 2. The maximum absolute atomic E-state index is 13.0. The van der Waals surface area contributed by atoms with Crippen molar-refractivity contribution in [1.82, 2.24) is 9.80 Å². The van der Waals surface area contributed by atoms with E-state index in [1.165, 1.54) is 7.11 Å². The highest BCUT2D eigenvalue weighted by molar-refractivity contribution is 5.95. The van der Waals surface area contributed by atoms with E-state index in [-0.39, 0.29) is 17.7 Å². The fourth-order valence-corrected chi connectivity index (χ4v) is 3.30. The van der Waals surface area contributed by atoms with Crippen molar-refractivity contribution in [3.63, 3.8) is 0 Å². The fourth-order valence-electron chi connectivity index (χ4n) is 3.30. The predicted molar refractivity (Wildman–Crippen MR) is 107 cm³/mol. The summed E-state index contributed by atoms with van der Waals surface area (Å²) in [6.07, 6.45) is -0.402. The monoisotopic (exact) mass is 402 g/mol. The largest absolute Gasteiger partial charge is 0.497 e. The maximum Gasteiger partial charge on any atom is 0.410 e. The zero-order valence-electron chi connectivity index (χ0n) is 17.4. The second-order valence-corrected chi connectivity index (χ2v) is 8.13. The molecule has 3 rings (SSSR count). The molecule has 1 aliphatic heterocycles. The highest BCUT2D eigenvalue weighted by atomic mass is 16.6. The lowest BCUT2D eigenvalue weighted by Gasteiger charge is -2.39. The molecule has 0 saturated carbocycles. The van der Waals surface area contributed by atoms with Crippen LogP contribution in [0.4, 0.5) is 4.79 Å². The SMILES string of the molecule is COc1ccc2c(=O)oc(C(=O)N3CCN(C(=O)OC(C)(C)C)C[C@@H]3C)cc2c1. The molecular weight excluding hydrogens is 376 g/mol. The topological polar surface area (TPSA) is 89.3 Å². The standard InChI is InChI=1S/C21H26N2O6/c1-13-12-22(20(26)29-21(2,3)4)8-9-23(13)18(24)17-11-14-10-15(27-5)6-7-16(14)19(25)28-17/h6-7,10-11,13H,8-9,12H2,1-5H3/t13-/m0/s1. The van der Waals surface area contributed by atoms with Crippen LogP contribution in [0.2, 0.25) is 0 Å². The van der Waals surface area contributed by atoms with Crippen LogP contribution in [0.5, 0.6) is 5.75 Å². The Morgan fingerprint density at radius 3 is 2.52 bits per heavy atom. The van der Waals surface area contributed by atoms with Crippen LogP contribution in [0, 0.1) is 0 Å². The third-order valence-electron chi connectivity index (χ3n) is 4.72. The molecule has 1 saturated heterocycles. The minimum atomic E-state index is -0.581. The lowest BCUT2D eigenvalue weighted by Crippen LogP contribution is -2.56. The predicted octanol–water partition coefficient (Wildman–Crippen LogP) is 2.88. The van der Waals surface area contributed by atoms with Gasteiger partial charge in [-0.15, -0.1) is 0 Å². The first-order chi connectivity index (χ1) is 13.6. The summed E-state index contributed by atoms with van der Waals surface area (Å²) in [7, 11) is 1.53. The molecular formula is C21H26N2O6. The minimum absolute atomic E-state index is 0.0340. The van der Waals surface area contributed by atoms with Gasteiger partial charge in [0, 0.05) is 25.7 Å². The van der Waals surface area contributed by atoms with Gasteiger partial charge in [-0.1, -0.05) is 0 Å². The van der Waals surface area contributed by atoms with Crippen molar-refractivity contribution in [3.8, 4) is 5.75 Å². The van der Waals surface area contributed by atoms with Crippen LogP contribution in [-0.4, -0.2) is 60.2 Å². The van der Waals surface area contributed by atoms with Gasteiger partial charge in [-0.05, 0) is 57.3 Å². The second-order valence-electron chi connectivity index (χ2n) is 8.13. The normalized spacial score (nSPS) is 17.3. The smallest absolute Gasteiger partial charge is 0.410 e. The molecule has 0 aliphatic carbocycles. The summed E-state index contributed by atoms with van der Waals surface area (Å²) < 4.78 is 15.9. The Labute approximate surface area is 169 Å². The third-order valence-corrected chi connectivity index (χ3v) is 4.72. The van der Waals surface area contributed by atoms with E-state index in [2.05, 4.69) is 0 Å². The van der Waals surface area contributed by atoms with E-state index >= 15 is 0 Å². The van der Waals surface area contributed by atoms with Crippen LogP contribution in [0.3, 0.4) is 0 Å². The Balaban J connectivity index is 1.79. The minimum Gasteiger partial charge on any atom is -0.497 e. The first-order valence-corrected chi connectivity index (χ1v) is 9.50. The number of nitrogens with zero attached hydrogens (tertiary/aromatic N) is 2. The van der Waals surface area contributed by atoms with Crippen LogP contribution in [0.15, 0.2) is 33.5 Å². The van der Waals surface area contributed by atoms with Gasteiger partial charge in [0.1, 0.15) is 11.4 Å². The van der Waals surface area contributed by atoms with Crippen molar-refractivity contribution in [3.05, 3.63) is 40.4 Å². The highest BCUT2D eigenvalue weighted by Gasteiger charge is 2.33. The lowest BCUT2D eigenvalue weighted by molar-refractivity contribution is 0.00553. The van der Waals surface area contributed by atoms with Crippen molar-refractivity contribution >= 4 is 22.8 Å². The maximum atomic E-state index is 13.0. The van der Waals surface area contributed by atoms with Gasteiger partial charge >= 0.3 is 11.7 Å². The van der Waals surface area contributed by atoms with Crippen molar-refractivity contribution in [2.24, 2.45) is 0 Å². The molecule has 2 heterocycles. The Morgan fingerprint density at radius 1 is 1.17 bits per heavy atom. The first kappa shape index (κ1) is 20.7. The van der Waals surface area contributed by atoms with Crippen molar-refractivity contribution in [2.75, 3.05) is 26.7 Å². The van der Waals surface area contributed by atoms with E-state index in [1.54, 1.807) is 34.1 Å². The molecule has 1 aromatic heterocycles. The van der Waals surface area contributed by atoms with Gasteiger partial charge in [0.05, 0.1) is 12.5 Å². The molecule has 0 unspecified atom stereocenters. The molecule has 1 fully saturated rings. The van der Waals surface area contributed by atoms with E-state index in [4.69, 9.17) is 13.9 Å². The molecule has 29 heavy (non-hydrogen) atoms. The molecule has 8 nitrogen and oxygen atoms in total. The number of ether oxygens (including phenoxy) is 2. The summed E-state index contributed by atoms with van der Waals surface area (Å²) in [5.41, 5.74) is -1.16. The number of hydrogen-bond donors (Lipinski definition) is 0. The van der Waals surface area contributed by atoms with E-state index in [9.17, 15) is 14.4 Å². The van der Waals surface area contributed by atoms with Crippen LogP contribution in [0.1, 0.15) is 38.2 Å². The first-order valence-electron chi connectivity index (χ1n) is 9.50. The van der Waals surface area contributed by atoms with E-state index in [0.29, 0.717) is 36.2 Å². The number of fused-ring (bicyclic) bond motifs is 1.